The van der Waals surface area contributed by atoms with Gasteiger partial charge in [0.2, 0.25) is 0 Å². The van der Waals surface area contributed by atoms with Gasteiger partial charge in [-0.25, -0.2) is 4.98 Å². The zero-order valence-electron chi connectivity index (χ0n) is 14.1. The molecule has 0 spiro atoms. The van der Waals surface area contributed by atoms with Crippen molar-refractivity contribution in [1.82, 2.24) is 9.55 Å². The summed E-state index contributed by atoms with van der Waals surface area (Å²) >= 11 is 6.07. The highest BCUT2D eigenvalue weighted by Gasteiger charge is 2.14. The van der Waals surface area contributed by atoms with Crippen molar-refractivity contribution < 1.29 is 0 Å². The first-order valence-electron chi connectivity index (χ1n) is 8.15. The molecule has 4 aromatic rings. The molecule has 0 aliphatic heterocycles. The van der Waals surface area contributed by atoms with E-state index in [-0.39, 0.29) is 0 Å². The minimum Gasteiger partial charge on any atom is -0.378 e. The number of benzene rings is 3. The van der Waals surface area contributed by atoms with E-state index in [9.17, 15) is 0 Å². The van der Waals surface area contributed by atoms with Gasteiger partial charge in [-0.15, -0.1) is 0 Å². The Morgan fingerprint density at radius 3 is 2.20 bits per heavy atom. The third-order valence-electron chi connectivity index (χ3n) is 4.29. The Kier molecular flexibility index (Phi) is 3.94. The molecule has 0 aliphatic carbocycles. The van der Waals surface area contributed by atoms with Crippen LogP contribution in [0.5, 0.6) is 0 Å². The average Bonchev–Trinajstić information content (AvgIpc) is 3.02. The van der Waals surface area contributed by atoms with Gasteiger partial charge in [0.25, 0.3) is 0 Å². The third kappa shape index (κ3) is 2.87. The Morgan fingerprint density at radius 2 is 1.52 bits per heavy atom. The summed E-state index contributed by atoms with van der Waals surface area (Å²) in [5, 5.41) is 0.727. The van der Waals surface area contributed by atoms with Crippen molar-refractivity contribution in [3.8, 4) is 17.1 Å². The summed E-state index contributed by atoms with van der Waals surface area (Å²) in [6.45, 7) is 0. The minimum absolute atomic E-state index is 0.727. The second-order valence-electron chi connectivity index (χ2n) is 6.18. The summed E-state index contributed by atoms with van der Waals surface area (Å²) in [7, 11) is 4.08. The summed E-state index contributed by atoms with van der Waals surface area (Å²) in [5.74, 6) is 0.925. The lowest BCUT2D eigenvalue weighted by molar-refractivity contribution is 1.10. The molecule has 0 atom stereocenters. The van der Waals surface area contributed by atoms with Crippen LogP contribution in [0.3, 0.4) is 0 Å². The highest BCUT2D eigenvalue weighted by molar-refractivity contribution is 6.30. The summed E-state index contributed by atoms with van der Waals surface area (Å²) in [4.78, 5) is 6.96. The molecule has 0 saturated carbocycles. The molecule has 3 aromatic carbocycles. The number of rotatable bonds is 3. The van der Waals surface area contributed by atoms with Gasteiger partial charge in [-0.2, -0.15) is 0 Å². The summed E-state index contributed by atoms with van der Waals surface area (Å²) in [6, 6.07) is 24.5. The summed E-state index contributed by atoms with van der Waals surface area (Å²) in [5.41, 5.74) is 5.35. The third-order valence-corrected chi connectivity index (χ3v) is 4.54. The van der Waals surface area contributed by atoms with Crippen LogP contribution in [-0.2, 0) is 0 Å². The zero-order valence-corrected chi connectivity index (χ0v) is 14.9. The maximum atomic E-state index is 6.07. The fourth-order valence-electron chi connectivity index (χ4n) is 2.98. The average molecular weight is 348 g/mol. The number of halogens is 1. The quantitative estimate of drug-likeness (QED) is 0.494. The first-order valence-corrected chi connectivity index (χ1v) is 8.52. The maximum Gasteiger partial charge on any atom is 0.145 e. The molecule has 0 unspecified atom stereocenters. The largest absolute Gasteiger partial charge is 0.378 e. The van der Waals surface area contributed by atoms with Crippen molar-refractivity contribution in [3.63, 3.8) is 0 Å². The van der Waals surface area contributed by atoms with Gasteiger partial charge in [0.05, 0.1) is 11.0 Å². The number of hydrogen-bond donors (Lipinski definition) is 0. The lowest BCUT2D eigenvalue weighted by Crippen LogP contribution is -2.08. The first kappa shape index (κ1) is 15.7. The fourth-order valence-corrected chi connectivity index (χ4v) is 3.11. The Bertz CT molecular complexity index is 1020. The van der Waals surface area contributed by atoms with E-state index < -0.39 is 0 Å². The topological polar surface area (TPSA) is 21.1 Å². The highest BCUT2D eigenvalue weighted by Crippen LogP contribution is 2.30. The van der Waals surface area contributed by atoms with Crippen LogP contribution in [0.4, 0.5) is 5.69 Å². The van der Waals surface area contributed by atoms with Crippen molar-refractivity contribution in [2.24, 2.45) is 0 Å². The molecular formula is C21H18ClN3. The smallest absolute Gasteiger partial charge is 0.145 e. The van der Waals surface area contributed by atoms with Crippen molar-refractivity contribution in [1.29, 1.82) is 0 Å². The normalized spacial score (nSPS) is 11.0. The Balaban J connectivity index is 1.94. The summed E-state index contributed by atoms with van der Waals surface area (Å²) < 4.78 is 2.18. The van der Waals surface area contributed by atoms with E-state index in [0.717, 1.165) is 38.8 Å². The van der Waals surface area contributed by atoms with E-state index >= 15 is 0 Å². The number of hydrogen-bond acceptors (Lipinski definition) is 2. The number of fused-ring (bicyclic) bond motifs is 1. The Morgan fingerprint density at radius 1 is 0.840 bits per heavy atom. The molecule has 0 fully saturated rings. The van der Waals surface area contributed by atoms with Crippen molar-refractivity contribution in [3.05, 3.63) is 77.8 Å². The molecule has 25 heavy (non-hydrogen) atoms. The van der Waals surface area contributed by atoms with Gasteiger partial charge in [-0.1, -0.05) is 23.7 Å². The molecule has 0 saturated heterocycles. The predicted octanol–water partition coefficient (Wildman–Crippen LogP) is 5.41. The van der Waals surface area contributed by atoms with Crippen LogP contribution < -0.4 is 4.90 Å². The molecule has 0 bridgehead atoms. The Hall–Kier alpha value is -2.78. The van der Waals surface area contributed by atoms with Crippen LogP contribution in [0.1, 0.15) is 0 Å². The molecule has 0 radical (unpaired) electrons. The molecule has 0 N–H and O–H groups in total. The predicted molar refractivity (Wildman–Crippen MR) is 106 cm³/mol. The van der Waals surface area contributed by atoms with Crippen LogP contribution in [0, 0.1) is 0 Å². The van der Waals surface area contributed by atoms with Crippen LogP contribution in [0.25, 0.3) is 28.1 Å². The molecule has 4 heteroatoms. The van der Waals surface area contributed by atoms with E-state index in [4.69, 9.17) is 16.6 Å². The number of anilines is 1. The van der Waals surface area contributed by atoms with Gasteiger partial charge in [0.15, 0.2) is 0 Å². The molecule has 3 nitrogen and oxygen atoms in total. The second-order valence-corrected chi connectivity index (χ2v) is 6.61. The summed E-state index contributed by atoms with van der Waals surface area (Å²) in [6.07, 6.45) is 0. The standard InChI is InChI=1S/C21H18ClN3/c1-24(2)17-11-7-15(8-12-17)21-23-19-5-3-4-6-20(19)25(21)18-13-9-16(22)10-14-18/h3-14H,1-2H3. The maximum absolute atomic E-state index is 6.07. The number of nitrogens with zero attached hydrogens (tertiary/aromatic N) is 3. The molecule has 1 heterocycles. The molecule has 4 rings (SSSR count). The molecule has 0 aliphatic rings. The molecule has 0 amide bonds. The molecule has 1 aromatic heterocycles. The lowest BCUT2D eigenvalue weighted by Gasteiger charge is -2.13. The van der Waals surface area contributed by atoms with E-state index in [2.05, 4.69) is 39.8 Å². The van der Waals surface area contributed by atoms with Gasteiger partial charge in [-0.05, 0) is 60.7 Å². The van der Waals surface area contributed by atoms with Crippen LogP contribution >= 0.6 is 11.6 Å². The number of imidazole rings is 1. The number of aromatic nitrogens is 2. The van der Waals surface area contributed by atoms with E-state index in [1.54, 1.807) is 0 Å². The van der Waals surface area contributed by atoms with Crippen molar-refractivity contribution in [2.75, 3.05) is 19.0 Å². The Labute approximate surface area is 152 Å². The van der Waals surface area contributed by atoms with Crippen LogP contribution in [-0.4, -0.2) is 23.6 Å². The second kappa shape index (κ2) is 6.26. The van der Waals surface area contributed by atoms with E-state index in [1.807, 2.05) is 56.6 Å². The van der Waals surface area contributed by atoms with Gasteiger partial charge >= 0.3 is 0 Å². The fraction of sp³-hybridized carbons (Fsp3) is 0.0952. The zero-order chi connectivity index (χ0) is 17.4. The molecule has 124 valence electrons. The van der Waals surface area contributed by atoms with Gasteiger partial charge in [-0.3, -0.25) is 4.57 Å². The molecular weight excluding hydrogens is 330 g/mol. The van der Waals surface area contributed by atoms with E-state index in [0.29, 0.717) is 0 Å². The SMILES string of the molecule is CN(C)c1ccc(-c2nc3ccccc3n2-c2ccc(Cl)cc2)cc1. The number of para-hydroxylation sites is 2. The highest BCUT2D eigenvalue weighted by atomic mass is 35.5. The van der Waals surface area contributed by atoms with E-state index in [1.165, 1.54) is 0 Å². The first-order chi connectivity index (χ1) is 12.1. The van der Waals surface area contributed by atoms with Gasteiger partial charge in [0, 0.05) is 36.1 Å². The van der Waals surface area contributed by atoms with Crippen molar-refractivity contribution >= 4 is 28.3 Å². The lowest BCUT2D eigenvalue weighted by atomic mass is 10.2. The van der Waals surface area contributed by atoms with Crippen LogP contribution in [0.15, 0.2) is 72.8 Å². The minimum atomic E-state index is 0.727. The van der Waals surface area contributed by atoms with Gasteiger partial charge in [0.1, 0.15) is 5.82 Å². The van der Waals surface area contributed by atoms with Crippen LogP contribution in [0.2, 0.25) is 5.02 Å². The van der Waals surface area contributed by atoms with Gasteiger partial charge < -0.3 is 4.90 Å². The van der Waals surface area contributed by atoms with Crippen molar-refractivity contribution in [2.45, 2.75) is 0 Å². The monoisotopic (exact) mass is 347 g/mol.